The summed E-state index contributed by atoms with van der Waals surface area (Å²) in [5, 5.41) is 11.2. The molecule has 21 heavy (non-hydrogen) atoms. The lowest BCUT2D eigenvalue weighted by molar-refractivity contribution is -0.137. The number of nitrogens with zero attached hydrogens (tertiary/aromatic N) is 2. The predicted octanol–water partition coefficient (Wildman–Crippen LogP) is 1.34. The molecule has 0 aliphatic carbocycles. The number of carbonyl (C=O) groups is 2. The minimum atomic E-state index is -0.943. The Morgan fingerprint density at radius 1 is 1.38 bits per heavy atom. The van der Waals surface area contributed by atoms with Crippen LogP contribution in [0.1, 0.15) is 38.7 Å². The SMILES string of the molecule is CC(C)(C)OC(=O)Nc1ncc(C(CN)CC(=O)O)cn1. The molecule has 0 bridgehead atoms. The Balaban J connectivity index is 2.69. The Morgan fingerprint density at radius 3 is 2.38 bits per heavy atom. The zero-order chi connectivity index (χ0) is 16.0. The van der Waals surface area contributed by atoms with Crippen molar-refractivity contribution in [3.63, 3.8) is 0 Å². The van der Waals surface area contributed by atoms with E-state index in [1.807, 2.05) is 0 Å². The number of nitrogens with one attached hydrogen (secondary N) is 1. The van der Waals surface area contributed by atoms with Crippen LogP contribution in [0.15, 0.2) is 12.4 Å². The number of hydrogen-bond acceptors (Lipinski definition) is 6. The number of rotatable bonds is 5. The van der Waals surface area contributed by atoms with Crippen LogP contribution in [-0.2, 0) is 9.53 Å². The summed E-state index contributed by atoms with van der Waals surface area (Å²) in [5.41, 5.74) is 5.52. The monoisotopic (exact) mass is 296 g/mol. The Bertz CT molecular complexity index is 496. The standard InChI is InChI=1S/C13H20N4O4/c1-13(2,3)21-12(20)17-11-15-6-9(7-16-11)8(5-14)4-10(18)19/h6-8H,4-5,14H2,1-3H3,(H,18,19)(H,15,16,17,20). The number of aromatic nitrogens is 2. The summed E-state index contributed by atoms with van der Waals surface area (Å²) in [6, 6.07) is 0. The number of hydrogen-bond donors (Lipinski definition) is 3. The molecular formula is C13H20N4O4. The molecule has 0 aliphatic heterocycles. The second kappa shape index (κ2) is 6.98. The summed E-state index contributed by atoms with van der Waals surface area (Å²) in [5.74, 6) is -1.22. The topological polar surface area (TPSA) is 127 Å². The average molecular weight is 296 g/mol. The number of carboxylic acid groups (broad SMARTS) is 1. The first kappa shape index (κ1) is 16.8. The second-order valence-electron chi connectivity index (χ2n) is 5.50. The third-order valence-electron chi connectivity index (χ3n) is 2.46. The molecule has 0 aliphatic rings. The summed E-state index contributed by atoms with van der Waals surface area (Å²) in [6.45, 7) is 5.41. The lowest BCUT2D eigenvalue weighted by Gasteiger charge is -2.19. The molecule has 1 rings (SSSR count). The van der Waals surface area contributed by atoms with Crippen LogP contribution in [0.5, 0.6) is 0 Å². The van der Waals surface area contributed by atoms with Gasteiger partial charge in [-0.3, -0.25) is 10.1 Å². The Hall–Kier alpha value is -2.22. The summed E-state index contributed by atoms with van der Waals surface area (Å²) in [6.07, 6.45) is 2.13. The maximum atomic E-state index is 11.5. The molecule has 0 saturated carbocycles. The molecule has 116 valence electrons. The first-order valence-corrected chi connectivity index (χ1v) is 6.45. The van der Waals surface area contributed by atoms with Crippen molar-refractivity contribution in [2.45, 2.75) is 38.7 Å². The van der Waals surface area contributed by atoms with Crippen molar-refractivity contribution in [2.24, 2.45) is 5.73 Å². The van der Waals surface area contributed by atoms with Crippen molar-refractivity contribution in [3.8, 4) is 0 Å². The van der Waals surface area contributed by atoms with E-state index >= 15 is 0 Å². The van der Waals surface area contributed by atoms with Crippen LogP contribution >= 0.6 is 0 Å². The van der Waals surface area contributed by atoms with Gasteiger partial charge in [-0.05, 0) is 32.9 Å². The molecule has 0 spiro atoms. The fraction of sp³-hybridized carbons (Fsp3) is 0.538. The van der Waals surface area contributed by atoms with E-state index in [9.17, 15) is 9.59 Å². The van der Waals surface area contributed by atoms with E-state index in [0.717, 1.165) is 0 Å². The molecule has 0 saturated heterocycles. The van der Waals surface area contributed by atoms with Crippen LogP contribution < -0.4 is 11.1 Å². The predicted molar refractivity (Wildman–Crippen MR) is 75.9 cm³/mol. The van der Waals surface area contributed by atoms with E-state index < -0.39 is 17.7 Å². The van der Waals surface area contributed by atoms with Gasteiger partial charge in [0.2, 0.25) is 5.95 Å². The summed E-state index contributed by atoms with van der Waals surface area (Å²) >= 11 is 0. The summed E-state index contributed by atoms with van der Waals surface area (Å²) in [7, 11) is 0. The first-order valence-electron chi connectivity index (χ1n) is 6.45. The Labute approximate surface area is 122 Å². The minimum absolute atomic E-state index is 0.0825. The first-order chi connectivity index (χ1) is 9.71. The zero-order valence-electron chi connectivity index (χ0n) is 12.3. The highest BCUT2D eigenvalue weighted by Gasteiger charge is 2.18. The molecule has 1 amide bonds. The third-order valence-corrected chi connectivity index (χ3v) is 2.46. The average Bonchev–Trinajstić information content (AvgIpc) is 2.34. The number of ether oxygens (including phenoxy) is 1. The lowest BCUT2D eigenvalue weighted by Crippen LogP contribution is -2.27. The fourth-order valence-corrected chi connectivity index (χ4v) is 1.56. The minimum Gasteiger partial charge on any atom is -0.481 e. The van der Waals surface area contributed by atoms with Gasteiger partial charge in [-0.15, -0.1) is 0 Å². The number of carboxylic acids is 1. The van der Waals surface area contributed by atoms with Crippen molar-refractivity contribution in [1.29, 1.82) is 0 Å². The second-order valence-corrected chi connectivity index (χ2v) is 5.50. The van der Waals surface area contributed by atoms with E-state index in [0.29, 0.717) is 5.56 Å². The van der Waals surface area contributed by atoms with Crippen molar-refractivity contribution < 1.29 is 19.4 Å². The highest BCUT2D eigenvalue weighted by Crippen LogP contribution is 2.17. The van der Waals surface area contributed by atoms with Gasteiger partial charge in [0.25, 0.3) is 0 Å². The molecule has 4 N–H and O–H groups in total. The Morgan fingerprint density at radius 2 is 1.95 bits per heavy atom. The number of amides is 1. The molecule has 1 aromatic rings. The zero-order valence-corrected chi connectivity index (χ0v) is 12.3. The van der Waals surface area contributed by atoms with Crippen LogP contribution in [0.4, 0.5) is 10.7 Å². The van der Waals surface area contributed by atoms with Crippen LogP contribution in [0.25, 0.3) is 0 Å². The molecule has 8 nitrogen and oxygen atoms in total. The largest absolute Gasteiger partial charge is 0.481 e. The van der Waals surface area contributed by atoms with Crippen molar-refractivity contribution >= 4 is 18.0 Å². The molecule has 0 radical (unpaired) electrons. The highest BCUT2D eigenvalue weighted by molar-refractivity contribution is 5.82. The van der Waals surface area contributed by atoms with Gasteiger partial charge in [0, 0.05) is 18.3 Å². The third kappa shape index (κ3) is 6.17. The molecule has 1 unspecified atom stereocenters. The van der Waals surface area contributed by atoms with Gasteiger partial charge >= 0.3 is 12.1 Å². The van der Waals surface area contributed by atoms with E-state index in [2.05, 4.69) is 15.3 Å². The molecular weight excluding hydrogens is 276 g/mol. The van der Waals surface area contributed by atoms with Crippen molar-refractivity contribution in [1.82, 2.24) is 9.97 Å². The normalized spacial score (nSPS) is 12.6. The summed E-state index contributed by atoms with van der Waals surface area (Å²) in [4.78, 5) is 30.2. The van der Waals surface area contributed by atoms with Crippen LogP contribution in [0.3, 0.4) is 0 Å². The highest BCUT2D eigenvalue weighted by atomic mass is 16.6. The fourth-order valence-electron chi connectivity index (χ4n) is 1.56. The quantitative estimate of drug-likeness (QED) is 0.748. The molecule has 1 atom stereocenters. The van der Waals surface area contributed by atoms with Crippen molar-refractivity contribution in [2.75, 3.05) is 11.9 Å². The van der Waals surface area contributed by atoms with E-state index in [4.69, 9.17) is 15.6 Å². The Kier molecular flexibility index (Phi) is 5.60. The molecule has 8 heteroatoms. The van der Waals surface area contributed by atoms with Crippen molar-refractivity contribution in [3.05, 3.63) is 18.0 Å². The molecule has 0 fully saturated rings. The van der Waals surface area contributed by atoms with E-state index in [1.165, 1.54) is 12.4 Å². The van der Waals surface area contributed by atoms with E-state index in [1.54, 1.807) is 20.8 Å². The number of aliphatic carboxylic acids is 1. The molecule has 0 aromatic carbocycles. The maximum absolute atomic E-state index is 11.5. The van der Waals surface area contributed by atoms with Gasteiger partial charge in [0.05, 0.1) is 6.42 Å². The van der Waals surface area contributed by atoms with Gasteiger partial charge in [-0.2, -0.15) is 0 Å². The number of carbonyl (C=O) groups excluding carboxylic acids is 1. The molecule has 1 heterocycles. The number of anilines is 1. The van der Waals surface area contributed by atoms with Crippen LogP contribution in [-0.4, -0.2) is 39.3 Å². The van der Waals surface area contributed by atoms with Gasteiger partial charge in [0.15, 0.2) is 0 Å². The van der Waals surface area contributed by atoms with Gasteiger partial charge in [0.1, 0.15) is 5.60 Å². The van der Waals surface area contributed by atoms with Gasteiger partial charge < -0.3 is 15.6 Å². The lowest BCUT2D eigenvalue weighted by atomic mass is 9.99. The van der Waals surface area contributed by atoms with Gasteiger partial charge in [-0.1, -0.05) is 0 Å². The number of nitrogens with two attached hydrogens (primary N) is 1. The van der Waals surface area contributed by atoms with Gasteiger partial charge in [-0.25, -0.2) is 14.8 Å². The molecule has 1 aromatic heterocycles. The smallest absolute Gasteiger partial charge is 0.414 e. The van der Waals surface area contributed by atoms with Crippen LogP contribution in [0, 0.1) is 0 Å². The maximum Gasteiger partial charge on any atom is 0.414 e. The van der Waals surface area contributed by atoms with E-state index in [-0.39, 0.29) is 24.8 Å². The van der Waals surface area contributed by atoms with Crippen LogP contribution in [0.2, 0.25) is 0 Å². The summed E-state index contributed by atoms with van der Waals surface area (Å²) < 4.78 is 5.07.